The number of carbonyl (C=O) groups excluding carboxylic acids is 1. The van der Waals surface area contributed by atoms with E-state index in [1.165, 1.54) is 17.1 Å². The van der Waals surface area contributed by atoms with Crippen LogP contribution in [-0.4, -0.2) is 35.1 Å². The molecule has 0 aliphatic heterocycles. The number of rotatable bonds is 7. The van der Waals surface area contributed by atoms with E-state index in [1.807, 2.05) is 49.4 Å². The van der Waals surface area contributed by atoms with Crippen LogP contribution in [0.2, 0.25) is 4.82 Å². The molecule has 0 heterocycles. The first-order valence-electron chi connectivity index (χ1n) is 7.34. The Morgan fingerprint density at radius 2 is 1.83 bits per heavy atom. The number of hydrogen-bond acceptors (Lipinski definition) is 4. The van der Waals surface area contributed by atoms with Crippen molar-refractivity contribution in [3.8, 4) is 5.75 Å². The summed E-state index contributed by atoms with van der Waals surface area (Å²) in [6.45, 7) is 2.63. The minimum absolute atomic E-state index is 0.0244. The van der Waals surface area contributed by atoms with Crippen LogP contribution in [0.1, 0.15) is 12.5 Å². The molecule has 0 aliphatic carbocycles. The van der Waals surface area contributed by atoms with Crippen LogP contribution in [0.25, 0.3) is 0 Å². The summed E-state index contributed by atoms with van der Waals surface area (Å²) in [6.07, 6.45) is 0. The van der Waals surface area contributed by atoms with Gasteiger partial charge >= 0.3 is 143 Å². The van der Waals surface area contributed by atoms with Crippen molar-refractivity contribution in [3.05, 3.63) is 54.1 Å². The van der Waals surface area contributed by atoms with Gasteiger partial charge in [0.25, 0.3) is 0 Å². The van der Waals surface area contributed by atoms with Crippen molar-refractivity contribution in [1.82, 2.24) is 0 Å². The van der Waals surface area contributed by atoms with Crippen LogP contribution in [0, 0.1) is 0 Å². The van der Waals surface area contributed by atoms with E-state index in [4.69, 9.17) is 9.47 Å². The summed E-state index contributed by atoms with van der Waals surface area (Å²) in [5.74, 6) is 0.694. The molecular formula is C18H21NO3Se. The number of anilines is 1. The van der Waals surface area contributed by atoms with Crippen LogP contribution >= 0.6 is 0 Å². The third-order valence-electron chi connectivity index (χ3n) is 3.37. The Labute approximate surface area is 143 Å². The van der Waals surface area contributed by atoms with Gasteiger partial charge in [-0.3, -0.25) is 0 Å². The van der Waals surface area contributed by atoms with Gasteiger partial charge in [0.2, 0.25) is 0 Å². The predicted octanol–water partition coefficient (Wildman–Crippen LogP) is 2.62. The van der Waals surface area contributed by atoms with Crippen molar-refractivity contribution in [2.24, 2.45) is 0 Å². The molecule has 0 saturated carbocycles. The molecule has 0 amide bonds. The molecular weight excluding hydrogens is 357 g/mol. The molecule has 1 N–H and O–H groups in total. The molecule has 1 atom stereocenters. The van der Waals surface area contributed by atoms with E-state index in [0.29, 0.717) is 0 Å². The summed E-state index contributed by atoms with van der Waals surface area (Å²) in [6, 6.07) is 16.1. The summed E-state index contributed by atoms with van der Waals surface area (Å²) in [7, 11) is 3.09. The molecule has 0 aliphatic rings. The molecule has 0 aromatic heterocycles. The Balaban J connectivity index is 2.03. The molecule has 2 aromatic carbocycles. The molecule has 0 fully saturated rings. The number of methoxy groups -OCH3 is 2. The average Bonchev–Trinajstić information content (AvgIpc) is 2.60. The van der Waals surface area contributed by atoms with Gasteiger partial charge in [0, 0.05) is 0 Å². The number of para-hydroxylation sites is 1. The quantitative estimate of drug-likeness (QED) is 0.595. The van der Waals surface area contributed by atoms with Gasteiger partial charge in [0.1, 0.15) is 0 Å². The summed E-state index contributed by atoms with van der Waals surface area (Å²) in [5.41, 5.74) is 2.24. The summed E-state index contributed by atoms with van der Waals surface area (Å²) >= 11 is 0.0244. The first-order chi connectivity index (χ1) is 11.1. The van der Waals surface area contributed by atoms with Crippen LogP contribution < -0.4 is 14.5 Å². The summed E-state index contributed by atoms with van der Waals surface area (Å²) < 4.78 is 11.2. The van der Waals surface area contributed by atoms with Gasteiger partial charge in [-0.2, -0.15) is 0 Å². The SMILES string of the molecule is COC(=O)C(C)[Se]c1ccccc1NCc1ccc(OC)cc1. The first-order valence-corrected chi connectivity index (χ1v) is 9.19. The zero-order valence-corrected chi connectivity index (χ0v) is 15.2. The van der Waals surface area contributed by atoms with E-state index in [2.05, 4.69) is 11.4 Å². The Morgan fingerprint density at radius 3 is 2.48 bits per heavy atom. The van der Waals surface area contributed by atoms with Crippen LogP contribution in [0.5, 0.6) is 5.75 Å². The van der Waals surface area contributed by atoms with Crippen LogP contribution in [0.3, 0.4) is 0 Å². The van der Waals surface area contributed by atoms with Crippen molar-refractivity contribution in [2.75, 3.05) is 19.5 Å². The van der Waals surface area contributed by atoms with E-state index in [0.717, 1.165) is 18.0 Å². The molecule has 122 valence electrons. The number of benzene rings is 2. The molecule has 2 aromatic rings. The van der Waals surface area contributed by atoms with Crippen LogP contribution in [0.4, 0.5) is 5.69 Å². The zero-order valence-electron chi connectivity index (χ0n) is 13.5. The van der Waals surface area contributed by atoms with Crippen molar-refractivity contribution in [1.29, 1.82) is 0 Å². The second-order valence-corrected chi connectivity index (χ2v) is 7.88. The van der Waals surface area contributed by atoms with Gasteiger partial charge in [-0.15, -0.1) is 0 Å². The Morgan fingerprint density at radius 1 is 1.13 bits per heavy atom. The first kappa shape index (κ1) is 17.4. The maximum absolute atomic E-state index is 11.6. The Bertz CT molecular complexity index is 643. The normalized spacial score (nSPS) is 11.6. The predicted molar refractivity (Wildman–Crippen MR) is 93.6 cm³/mol. The Hall–Kier alpha value is -1.97. The monoisotopic (exact) mass is 379 g/mol. The van der Waals surface area contributed by atoms with Crippen molar-refractivity contribution in [2.45, 2.75) is 18.3 Å². The molecule has 4 nitrogen and oxygen atoms in total. The molecule has 0 spiro atoms. The molecule has 5 heteroatoms. The Kier molecular flexibility index (Phi) is 6.51. The van der Waals surface area contributed by atoms with E-state index in [-0.39, 0.29) is 25.7 Å². The second-order valence-electron chi connectivity index (χ2n) is 4.98. The number of ether oxygens (including phenoxy) is 2. The second kappa shape index (κ2) is 8.61. The zero-order chi connectivity index (χ0) is 16.7. The van der Waals surface area contributed by atoms with Crippen molar-refractivity contribution < 1.29 is 14.3 Å². The average molecular weight is 378 g/mol. The minimum atomic E-state index is -0.157. The molecule has 0 radical (unpaired) electrons. The fourth-order valence-electron chi connectivity index (χ4n) is 2.06. The van der Waals surface area contributed by atoms with Crippen LogP contribution in [0.15, 0.2) is 48.5 Å². The number of hydrogen-bond donors (Lipinski definition) is 1. The van der Waals surface area contributed by atoms with Gasteiger partial charge < -0.3 is 0 Å². The van der Waals surface area contributed by atoms with Gasteiger partial charge in [-0.1, -0.05) is 0 Å². The number of carbonyl (C=O) groups is 1. The number of nitrogens with one attached hydrogen (secondary N) is 1. The van der Waals surface area contributed by atoms with E-state index in [9.17, 15) is 4.79 Å². The van der Waals surface area contributed by atoms with Crippen molar-refractivity contribution in [3.63, 3.8) is 0 Å². The van der Waals surface area contributed by atoms with Gasteiger partial charge in [-0.05, 0) is 0 Å². The maximum atomic E-state index is 11.6. The van der Waals surface area contributed by atoms with Gasteiger partial charge in [0.05, 0.1) is 0 Å². The third kappa shape index (κ3) is 5.02. The molecule has 2 rings (SSSR count). The van der Waals surface area contributed by atoms with Crippen LogP contribution in [-0.2, 0) is 16.1 Å². The fourth-order valence-corrected chi connectivity index (χ4v) is 4.15. The van der Waals surface area contributed by atoms with Gasteiger partial charge in [0.15, 0.2) is 0 Å². The molecule has 23 heavy (non-hydrogen) atoms. The summed E-state index contributed by atoms with van der Waals surface area (Å²) in [4.78, 5) is 11.5. The standard InChI is InChI=1S/C18H21NO3Se/c1-13(18(20)22-3)23-17-7-5-4-6-16(17)19-12-14-8-10-15(21-2)11-9-14/h4-11,13,19H,12H2,1-3H3. The van der Waals surface area contributed by atoms with E-state index >= 15 is 0 Å². The van der Waals surface area contributed by atoms with E-state index in [1.54, 1.807) is 7.11 Å². The molecule has 0 bridgehead atoms. The number of esters is 1. The summed E-state index contributed by atoms with van der Waals surface area (Å²) in [5, 5.41) is 3.45. The molecule has 1 unspecified atom stereocenters. The van der Waals surface area contributed by atoms with Crippen molar-refractivity contribution >= 4 is 31.1 Å². The topological polar surface area (TPSA) is 47.6 Å². The fraction of sp³-hybridized carbons (Fsp3) is 0.278. The molecule has 0 saturated heterocycles. The third-order valence-corrected chi connectivity index (χ3v) is 5.79. The van der Waals surface area contributed by atoms with Gasteiger partial charge in [-0.25, -0.2) is 0 Å². The van der Waals surface area contributed by atoms with E-state index < -0.39 is 0 Å².